The van der Waals surface area contributed by atoms with Gasteiger partial charge < -0.3 is 5.73 Å². The van der Waals surface area contributed by atoms with Crippen molar-refractivity contribution in [3.63, 3.8) is 0 Å². The van der Waals surface area contributed by atoms with Gasteiger partial charge in [0.1, 0.15) is 0 Å². The molecule has 1 nitrogen and oxygen atoms in total. The van der Waals surface area contributed by atoms with E-state index < -0.39 is 30.2 Å². The maximum atomic E-state index is 12.2. The molecule has 92 valence electrons. The summed E-state index contributed by atoms with van der Waals surface area (Å²) in [5, 5.41) is 0. The maximum Gasteiger partial charge on any atom is 0.402 e. The quantitative estimate of drug-likeness (QED) is 0.750. The van der Waals surface area contributed by atoms with Crippen molar-refractivity contribution in [2.24, 2.45) is 17.6 Å². The van der Waals surface area contributed by atoms with E-state index in [9.17, 15) is 26.3 Å². The molecule has 0 rings (SSSR count). The fraction of sp³-hybridized carbons (Fsp3) is 1.00. The molecule has 0 aliphatic rings. The number of alkyl halides is 6. The molecule has 15 heavy (non-hydrogen) atoms. The van der Waals surface area contributed by atoms with E-state index in [0.29, 0.717) is 0 Å². The van der Waals surface area contributed by atoms with Crippen molar-refractivity contribution in [2.45, 2.75) is 38.7 Å². The minimum absolute atomic E-state index is 0.170. The van der Waals surface area contributed by atoms with Gasteiger partial charge in [0.25, 0.3) is 0 Å². The van der Waals surface area contributed by atoms with Gasteiger partial charge >= 0.3 is 12.4 Å². The Morgan fingerprint density at radius 1 is 1.00 bits per heavy atom. The molecular weight excluding hydrogens is 224 g/mol. The number of halogens is 6. The Morgan fingerprint density at radius 2 is 1.33 bits per heavy atom. The minimum Gasteiger partial charge on any atom is -0.327 e. The first-order valence-electron chi connectivity index (χ1n) is 4.40. The lowest BCUT2D eigenvalue weighted by Gasteiger charge is -2.31. The third-order valence-electron chi connectivity index (χ3n) is 2.39. The van der Waals surface area contributed by atoms with Crippen LogP contribution in [0.15, 0.2) is 0 Å². The van der Waals surface area contributed by atoms with Crippen LogP contribution in [0.25, 0.3) is 0 Å². The van der Waals surface area contributed by atoms with Crippen LogP contribution < -0.4 is 5.73 Å². The van der Waals surface area contributed by atoms with E-state index in [1.54, 1.807) is 0 Å². The molecule has 0 saturated heterocycles. The number of rotatable bonds is 3. The summed E-state index contributed by atoms with van der Waals surface area (Å²) >= 11 is 0. The molecule has 2 unspecified atom stereocenters. The molecule has 0 saturated carbocycles. The van der Waals surface area contributed by atoms with Crippen LogP contribution in [0.3, 0.4) is 0 Å². The fourth-order valence-electron chi connectivity index (χ4n) is 1.22. The molecule has 7 heteroatoms. The second-order valence-electron chi connectivity index (χ2n) is 3.52. The van der Waals surface area contributed by atoms with Crippen molar-refractivity contribution < 1.29 is 26.3 Å². The van der Waals surface area contributed by atoms with Gasteiger partial charge in [0, 0.05) is 6.04 Å². The van der Waals surface area contributed by atoms with E-state index >= 15 is 0 Å². The SMILES string of the molecule is CCC(C)C(N)C(C(F)(F)F)C(F)(F)F. The molecule has 0 aliphatic carbocycles. The highest BCUT2D eigenvalue weighted by atomic mass is 19.4. The summed E-state index contributed by atoms with van der Waals surface area (Å²) in [5.74, 6) is -4.28. The summed E-state index contributed by atoms with van der Waals surface area (Å²) in [5.41, 5.74) is 5.00. The molecule has 0 fully saturated rings. The molecule has 0 bridgehead atoms. The zero-order chi connectivity index (χ0) is 12.4. The summed E-state index contributed by atoms with van der Waals surface area (Å²) in [6.07, 6.45) is -10.5. The van der Waals surface area contributed by atoms with Gasteiger partial charge in [-0.25, -0.2) is 0 Å². The van der Waals surface area contributed by atoms with Crippen molar-refractivity contribution in [2.75, 3.05) is 0 Å². The van der Waals surface area contributed by atoms with Crippen LogP contribution in [0.1, 0.15) is 20.3 Å². The van der Waals surface area contributed by atoms with E-state index in [1.807, 2.05) is 0 Å². The molecule has 0 spiro atoms. The maximum absolute atomic E-state index is 12.2. The average Bonchev–Trinajstić information content (AvgIpc) is 1.97. The number of nitrogens with two attached hydrogens (primary N) is 1. The molecule has 0 aromatic rings. The zero-order valence-corrected chi connectivity index (χ0v) is 8.28. The van der Waals surface area contributed by atoms with Crippen molar-refractivity contribution in [1.29, 1.82) is 0 Å². The van der Waals surface area contributed by atoms with Crippen LogP contribution in [-0.2, 0) is 0 Å². The van der Waals surface area contributed by atoms with Crippen molar-refractivity contribution in [3.05, 3.63) is 0 Å². The van der Waals surface area contributed by atoms with Gasteiger partial charge in [-0.2, -0.15) is 26.3 Å². The molecule has 0 aliphatic heterocycles. The second-order valence-corrected chi connectivity index (χ2v) is 3.52. The van der Waals surface area contributed by atoms with E-state index in [-0.39, 0.29) is 6.42 Å². The van der Waals surface area contributed by atoms with Crippen LogP contribution in [0.2, 0.25) is 0 Å². The van der Waals surface area contributed by atoms with E-state index in [1.165, 1.54) is 13.8 Å². The number of hydrogen-bond acceptors (Lipinski definition) is 1. The van der Waals surface area contributed by atoms with Gasteiger partial charge in [-0.15, -0.1) is 0 Å². The van der Waals surface area contributed by atoms with E-state index in [2.05, 4.69) is 0 Å². The summed E-state index contributed by atoms with van der Waals surface area (Å²) in [6.45, 7) is 2.77. The predicted molar refractivity (Wildman–Crippen MR) is 43.0 cm³/mol. The predicted octanol–water partition coefficient (Wildman–Crippen LogP) is 3.10. The molecule has 0 aromatic carbocycles. The second kappa shape index (κ2) is 4.59. The molecule has 0 heterocycles. The third kappa shape index (κ3) is 3.89. The summed E-state index contributed by atoms with van der Waals surface area (Å²) in [4.78, 5) is 0. The zero-order valence-electron chi connectivity index (χ0n) is 8.28. The van der Waals surface area contributed by atoms with Crippen LogP contribution in [0, 0.1) is 11.8 Å². The van der Waals surface area contributed by atoms with Gasteiger partial charge in [-0.05, 0) is 5.92 Å². The molecular formula is C8H13F6N. The van der Waals surface area contributed by atoms with Crippen LogP contribution in [0.4, 0.5) is 26.3 Å². The van der Waals surface area contributed by atoms with Crippen LogP contribution >= 0.6 is 0 Å². The molecule has 0 amide bonds. The van der Waals surface area contributed by atoms with Crippen LogP contribution in [0.5, 0.6) is 0 Å². The van der Waals surface area contributed by atoms with Crippen molar-refractivity contribution in [3.8, 4) is 0 Å². The van der Waals surface area contributed by atoms with Crippen LogP contribution in [-0.4, -0.2) is 18.4 Å². The van der Waals surface area contributed by atoms with Gasteiger partial charge in [-0.3, -0.25) is 0 Å². The molecule has 2 N–H and O–H groups in total. The standard InChI is InChI=1S/C8H13F6N/c1-3-4(2)5(15)6(7(9,10)11)8(12,13)14/h4-6H,3,15H2,1-2H3. The largest absolute Gasteiger partial charge is 0.402 e. The topological polar surface area (TPSA) is 26.0 Å². The summed E-state index contributed by atoms with van der Waals surface area (Å²) < 4.78 is 73.0. The summed E-state index contributed by atoms with van der Waals surface area (Å²) in [7, 11) is 0. The molecule has 0 aromatic heterocycles. The lowest BCUT2D eigenvalue weighted by atomic mass is 9.87. The monoisotopic (exact) mass is 237 g/mol. The summed E-state index contributed by atoms with van der Waals surface area (Å²) in [6, 6.07) is -1.95. The normalized spacial score (nSPS) is 18.0. The Hall–Kier alpha value is -0.460. The smallest absolute Gasteiger partial charge is 0.327 e. The van der Waals surface area contributed by atoms with Gasteiger partial charge in [0.15, 0.2) is 5.92 Å². The third-order valence-corrected chi connectivity index (χ3v) is 2.39. The molecule has 2 atom stereocenters. The lowest BCUT2D eigenvalue weighted by molar-refractivity contribution is -0.292. The lowest BCUT2D eigenvalue weighted by Crippen LogP contribution is -2.51. The van der Waals surface area contributed by atoms with E-state index in [0.717, 1.165) is 0 Å². The average molecular weight is 237 g/mol. The number of hydrogen-bond donors (Lipinski definition) is 1. The first kappa shape index (κ1) is 14.5. The Kier molecular flexibility index (Phi) is 4.45. The van der Waals surface area contributed by atoms with Crippen molar-refractivity contribution in [1.82, 2.24) is 0 Å². The Balaban J connectivity index is 4.97. The fourth-order valence-corrected chi connectivity index (χ4v) is 1.22. The Bertz CT molecular complexity index is 182. The first-order valence-corrected chi connectivity index (χ1v) is 4.40. The first-order chi connectivity index (χ1) is 6.51. The van der Waals surface area contributed by atoms with Gasteiger partial charge in [-0.1, -0.05) is 20.3 Å². The minimum atomic E-state index is -5.35. The highest BCUT2D eigenvalue weighted by Crippen LogP contribution is 2.42. The van der Waals surface area contributed by atoms with Gasteiger partial charge in [0.05, 0.1) is 0 Å². The Morgan fingerprint density at radius 3 is 1.53 bits per heavy atom. The highest BCUT2D eigenvalue weighted by Gasteiger charge is 2.59. The van der Waals surface area contributed by atoms with Gasteiger partial charge in [0.2, 0.25) is 0 Å². The van der Waals surface area contributed by atoms with E-state index in [4.69, 9.17) is 5.73 Å². The Labute approximate surface area is 83.6 Å². The highest BCUT2D eigenvalue weighted by molar-refractivity contribution is 4.87. The van der Waals surface area contributed by atoms with Crippen molar-refractivity contribution >= 4 is 0 Å². The molecule has 0 radical (unpaired) electrons.